The second-order valence-corrected chi connectivity index (χ2v) is 7.19. The Morgan fingerprint density at radius 3 is 2.71 bits per heavy atom. The fourth-order valence-electron chi connectivity index (χ4n) is 2.24. The predicted octanol–water partition coefficient (Wildman–Crippen LogP) is 2.21. The molecule has 2 aromatic heterocycles. The van der Waals surface area contributed by atoms with Crippen molar-refractivity contribution < 1.29 is 12.9 Å². The molecule has 0 aliphatic carbocycles. The van der Waals surface area contributed by atoms with E-state index in [4.69, 9.17) is 16.1 Å². The molecule has 0 saturated carbocycles. The summed E-state index contributed by atoms with van der Waals surface area (Å²) in [6, 6.07) is 7.04. The van der Waals surface area contributed by atoms with Gasteiger partial charge in [0.15, 0.2) is 0 Å². The van der Waals surface area contributed by atoms with E-state index in [1.807, 2.05) is 0 Å². The van der Waals surface area contributed by atoms with Crippen LogP contribution in [-0.4, -0.2) is 28.8 Å². The molecule has 3 rings (SSSR count). The van der Waals surface area contributed by atoms with E-state index >= 15 is 0 Å². The summed E-state index contributed by atoms with van der Waals surface area (Å²) >= 11 is 6.08. The first kappa shape index (κ1) is 16.6. The summed E-state index contributed by atoms with van der Waals surface area (Å²) in [5.74, 6) is 0.428. The molecule has 0 radical (unpaired) electrons. The van der Waals surface area contributed by atoms with E-state index in [1.54, 1.807) is 38.1 Å². The van der Waals surface area contributed by atoms with Crippen LogP contribution in [0.25, 0.3) is 11.4 Å². The third-order valence-electron chi connectivity index (χ3n) is 3.33. The lowest BCUT2D eigenvalue weighted by Crippen LogP contribution is -2.24. The molecule has 0 bridgehead atoms. The van der Waals surface area contributed by atoms with Gasteiger partial charge in [0.05, 0.1) is 23.0 Å². The molecule has 0 fully saturated rings. The number of benzene rings is 1. The first-order valence-corrected chi connectivity index (χ1v) is 8.83. The molecule has 2 N–H and O–H groups in total. The number of hydrogen-bond acceptors (Lipinski definition) is 6. The summed E-state index contributed by atoms with van der Waals surface area (Å²) in [6.45, 7) is 3.11. The quantitative estimate of drug-likeness (QED) is 0.714. The van der Waals surface area contributed by atoms with Gasteiger partial charge in [-0.05, 0) is 26.0 Å². The van der Waals surface area contributed by atoms with E-state index in [9.17, 15) is 8.42 Å². The van der Waals surface area contributed by atoms with E-state index in [0.717, 1.165) is 0 Å². The van der Waals surface area contributed by atoms with Gasteiger partial charge in [0.1, 0.15) is 4.90 Å². The zero-order chi connectivity index (χ0) is 17.3. The summed E-state index contributed by atoms with van der Waals surface area (Å²) < 4.78 is 32.2. The van der Waals surface area contributed by atoms with Crippen molar-refractivity contribution >= 4 is 21.6 Å². The maximum atomic E-state index is 12.4. The average molecular weight is 368 g/mol. The lowest BCUT2D eigenvalue weighted by molar-refractivity contribution is 0.376. The third-order valence-corrected chi connectivity index (χ3v) is 5.32. The fourth-order valence-corrected chi connectivity index (χ4v) is 3.81. The van der Waals surface area contributed by atoms with Crippen LogP contribution in [0.2, 0.25) is 5.02 Å². The number of halogens is 1. The van der Waals surface area contributed by atoms with Gasteiger partial charge in [0.25, 0.3) is 0 Å². The number of aromatic nitrogens is 4. The number of aryl methyl sites for hydroxylation is 2. The van der Waals surface area contributed by atoms with E-state index < -0.39 is 10.0 Å². The first-order chi connectivity index (χ1) is 11.4. The third kappa shape index (κ3) is 3.18. The Bertz CT molecular complexity index is 960. The van der Waals surface area contributed by atoms with Crippen LogP contribution in [-0.2, 0) is 16.6 Å². The Morgan fingerprint density at radius 2 is 2.04 bits per heavy atom. The summed E-state index contributed by atoms with van der Waals surface area (Å²) in [5.41, 5.74) is 1.46. The number of rotatable bonds is 5. The standard InChI is InChI=1S/C14H14ClN5O3S/c1-8-13(9(2)19-18-8)24(21,22)16-7-12-17-14(20-23-12)10-5-3-4-6-11(10)15/h3-6,16H,7H2,1-2H3,(H,18,19). The zero-order valence-corrected chi connectivity index (χ0v) is 14.4. The Kier molecular flexibility index (Phi) is 4.39. The van der Waals surface area contributed by atoms with Crippen molar-refractivity contribution in [1.82, 2.24) is 25.1 Å². The highest BCUT2D eigenvalue weighted by molar-refractivity contribution is 7.89. The molecule has 2 heterocycles. The normalized spacial score (nSPS) is 11.8. The second-order valence-electron chi connectivity index (χ2n) is 5.08. The fraction of sp³-hybridized carbons (Fsp3) is 0.214. The average Bonchev–Trinajstić information content (AvgIpc) is 3.13. The smallest absolute Gasteiger partial charge is 0.244 e. The minimum absolute atomic E-state index is 0.119. The SMILES string of the molecule is Cc1n[nH]c(C)c1S(=O)(=O)NCc1nc(-c2ccccc2Cl)no1. The van der Waals surface area contributed by atoms with Crippen LogP contribution in [0.3, 0.4) is 0 Å². The van der Waals surface area contributed by atoms with Gasteiger partial charge in [-0.1, -0.05) is 28.9 Å². The molecule has 0 aliphatic rings. The Balaban J connectivity index is 1.78. The summed E-state index contributed by atoms with van der Waals surface area (Å²) in [4.78, 5) is 4.28. The van der Waals surface area contributed by atoms with Crippen molar-refractivity contribution in [3.8, 4) is 11.4 Å². The summed E-state index contributed by atoms with van der Waals surface area (Å²) in [6.07, 6.45) is 0. The van der Waals surface area contributed by atoms with Crippen molar-refractivity contribution in [2.75, 3.05) is 0 Å². The van der Waals surface area contributed by atoms with Crippen molar-refractivity contribution in [3.63, 3.8) is 0 Å². The number of H-pyrrole nitrogens is 1. The van der Waals surface area contributed by atoms with E-state index in [-0.39, 0.29) is 17.3 Å². The molecule has 126 valence electrons. The summed E-state index contributed by atoms with van der Waals surface area (Å²) in [7, 11) is -3.74. The molecule has 0 amide bonds. The molecule has 0 spiro atoms. The molecule has 0 atom stereocenters. The van der Waals surface area contributed by atoms with Crippen molar-refractivity contribution in [3.05, 3.63) is 46.6 Å². The molecule has 0 saturated heterocycles. The molecular weight excluding hydrogens is 354 g/mol. The Hall–Kier alpha value is -2.23. The predicted molar refractivity (Wildman–Crippen MR) is 86.8 cm³/mol. The van der Waals surface area contributed by atoms with Gasteiger partial charge in [-0.15, -0.1) is 0 Å². The van der Waals surface area contributed by atoms with Crippen LogP contribution in [0.5, 0.6) is 0 Å². The monoisotopic (exact) mass is 367 g/mol. The number of nitrogens with one attached hydrogen (secondary N) is 2. The first-order valence-electron chi connectivity index (χ1n) is 6.97. The molecule has 8 nitrogen and oxygen atoms in total. The number of sulfonamides is 1. The molecule has 10 heteroatoms. The van der Waals surface area contributed by atoms with Crippen LogP contribution in [0.4, 0.5) is 0 Å². The highest BCUT2D eigenvalue weighted by Gasteiger charge is 2.23. The van der Waals surface area contributed by atoms with Crippen molar-refractivity contribution in [2.45, 2.75) is 25.3 Å². The largest absolute Gasteiger partial charge is 0.338 e. The van der Waals surface area contributed by atoms with Gasteiger partial charge in [0, 0.05) is 5.56 Å². The topological polar surface area (TPSA) is 114 Å². The Labute approximate surface area is 143 Å². The van der Waals surface area contributed by atoms with E-state index in [0.29, 0.717) is 27.8 Å². The molecule has 0 aliphatic heterocycles. The molecule has 1 aromatic carbocycles. The highest BCUT2D eigenvalue weighted by atomic mass is 35.5. The van der Waals surface area contributed by atoms with Crippen LogP contribution >= 0.6 is 11.6 Å². The van der Waals surface area contributed by atoms with Gasteiger partial charge in [-0.2, -0.15) is 10.1 Å². The highest BCUT2D eigenvalue weighted by Crippen LogP contribution is 2.25. The van der Waals surface area contributed by atoms with Gasteiger partial charge in [0.2, 0.25) is 21.7 Å². The van der Waals surface area contributed by atoms with Gasteiger partial charge >= 0.3 is 0 Å². The van der Waals surface area contributed by atoms with Gasteiger partial charge < -0.3 is 4.52 Å². The molecule has 24 heavy (non-hydrogen) atoms. The number of hydrogen-bond donors (Lipinski definition) is 2. The maximum Gasteiger partial charge on any atom is 0.244 e. The van der Waals surface area contributed by atoms with Gasteiger partial charge in [-0.3, -0.25) is 5.10 Å². The van der Waals surface area contributed by atoms with Crippen LogP contribution in [0, 0.1) is 13.8 Å². The van der Waals surface area contributed by atoms with Crippen LogP contribution in [0.1, 0.15) is 17.3 Å². The number of nitrogens with zero attached hydrogens (tertiary/aromatic N) is 3. The molecular formula is C14H14ClN5O3S. The van der Waals surface area contributed by atoms with Crippen molar-refractivity contribution in [1.29, 1.82) is 0 Å². The second kappa shape index (κ2) is 6.34. The lowest BCUT2D eigenvalue weighted by atomic mass is 10.2. The molecule has 3 aromatic rings. The van der Waals surface area contributed by atoms with Crippen LogP contribution < -0.4 is 4.72 Å². The lowest BCUT2D eigenvalue weighted by Gasteiger charge is -2.04. The zero-order valence-electron chi connectivity index (χ0n) is 12.9. The minimum atomic E-state index is -3.74. The van der Waals surface area contributed by atoms with Crippen LogP contribution in [0.15, 0.2) is 33.7 Å². The maximum absolute atomic E-state index is 12.4. The van der Waals surface area contributed by atoms with Crippen molar-refractivity contribution in [2.24, 2.45) is 0 Å². The molecule has 0 unspecified atom stereocenters. The van der Waals surface area contributed by atoms with Gasteiger partial charge in [-0.25, -0.2) is 13.1 Å². The minimum Gasteiger partial charge on any atom is -0.338 e. The van der Waals surface area contributed by atoms with E-state index in [2.05, 4.69) is 25.1 Å². The summed E-state index contributed by atoms with van der Waals surface area (Å²) in [5, 5.41) is 10.8. The van der Waals surface area contributed by atoms with E-state index in [1.165, 1.54) is 0 Å². The Morgan fingerprint density at radius 1 is 1.29 bits per heavy atom. The number of aromatic amines is 1.